The van der Waals surface area contributed by atoms with Crippen molar-refractivity contribution in [3.05, 3.63) is 59.2 Å². The van der Waals surface area contributed by atoms with Gasteiger partial charge in [-0.15, -0.1) is 0 Å². The summed E-state index contributed by atoms with van der Waals surface area (Å²) in [6.45, 7) is 0.0295. The number of carbonyl (C=O) groups is 1. The Morgan fingerprint density at radius 1 is 1.14 bits per heavy atom. The molecule has 0 aliphatic heterocycles. The topological polar surface area (TPSA) is 61.5 Å². The van der Waals surface area contributed by atoms with Crippen molar-refractivity contribution in [3.63, 3.8) is 0 Å². The summed E-state index contributed by atoms with van der Waals surface area (Å²) in [7, 11) is 1.29. The van der Waals surface area contributed by atoms with E-state index >= 15 is 0 Å². The highest BCUT2D eigenvalue weighted by atomic mass is 19.1. The summed E-state index contributed by atoms with van der Waals surface area (Å²) in [5, 5.41) is 0. The number of rotatable bonds is 4. The molecule has 0 radical (unpaired) electrons. The highest BCUT2D eigenvalue weighted by Gasteiger charge is 2.10. The first-order chi connectivity index (χ1) is 10.0. The third-order valence-electron chi connectivity index (χ3n) is 2.82. The normalized spacial score (nSPS) is 10.2. The van der Waals surface area contributed by atoms with Gasteiger partial charge in [0.1, 0.15) is 12.4 Å². The van der Waals surface area contributed by atoms with Crippen LogP contribution in [0.15, 0.2) is 36.4 Å². The van der Waals surface area contributed by atoms with Crippen LogP contribution in [0.5, 0.6) is 5.75 Å². The van der Waals surface area contributed by atoms with Crippen LogP contribution in [0.1, 0.15) is 15.9 Å². The highest BCUT2D eigenvalue weighted by molar-refractivity contribution is 5.89. The van der Waals surface area contributed by atoms with E-state index in [2.05, 4.69) is 4.74 Å². The van der Waals surface area contributed by atoms with Crippen molar-refractivity contribution in [1.82, 2.24) is 0 Å². The summed E-state index contributed by atoms with van der Waals surface area (Å²) in [6.07, 6.45) is 0. The van der Waals surface area contributed by atoms with Crippen molar-refractivity contribution in [2.45, 2.75) is 6.61 Å². The van der Waals surface area contributed by atoms with Gasteiger partial charge >= 0.3 is 5.97 Å². The predicted octanol–water partition coefficient (Wildman–Crippen LogP) is 2.91. The van der Waals surface area contributed by atoms with Gasteiger partial charge in [0.25, 0.3) is 0 Å². The van der Waals surface area contributed by atoms with E-state index in [0.29, 0.717) is 11.1 Å². The van der Waals surface area contributed by atoms with Gasteiger partial charge in [-0.2, -0.15) is 0 Å². The van der Waals surface area contributed by atoms with Crippen LogP contribution in [0.2, 0.25) is 0 Å². The Labute approximate surface area is 120 Å². The number of benzene rings is 2. The van der Waals surface area contributed by atoms with E-state index in [1.807, 2.05) is 0 Å². The maximum absolute atomic E-state index is 13.5. The van der Waals surface area contributed by atoms with Gasteiger partial charge in [0.05, 0.1) is 18.4 Å². The molecule has 0 atom stereocenters. The van der Waals surface area contributed by atoms with Crippen molar-refractivity contribution in [2.24, 2.45) is 0 Å². The third-order valence-corrected chi connectivity index (χ3v) is 2.82. The number of esters is 1. The van der Waals surface area contributed by atoms with Crippen LogP contribution >= 0.6 is 0 Å². The first-order valence-electron chi connectivity index (χ1n) is 6.06. The molecule has 2 rings (SSSR count). The molecule has 0 aromatic heterocycles. The van der Waals surface area contributed by atoms with E-state index in [1.165, 1.54) is 7.11 Å². The predicted molar refractivity (Wildman–Crippen MR) is 72.9 cm³/mol. The summed E-state index contributed by atoms with van der Waals surface area (Å²) in [5.74, 6) is -2.15. The minimum Gasteiger partial charge on any atom is -0.486 e. The zero-order valence-corrected chi connectivity index (χ0v) is 11.2. The molecule has 0 aliphatic rings. The fourth-order valence-electron chi connectivity index (χ4n) is 1.67. The number of hydrogen-bond acceptors (Lipinski definition) is 4. The molecule has 2 aromatic rings. The minimum absolute atomic E-state index is 0.0295. The largest absolute Gasteiger partial charge is 0.486 e. The molecule has 0 spiro atoms. The fraction of sp³-hybridized carbons (Fsp3) is 0.133. The molecule has 110 valence electrons. The second-order valence-electron chi connectivity index (χ2n) is 4.28. The molecule has 2 N–H and O–H groups in total. The Morgan fingerprint density at radius 3 is 2.43 bits per heavy atom. The van der Waals surface area contributed by atoms with Gasteiger partial charge in [0.15, 0.2) is 11.6 Å². The van der Waals surface area contributed by atoms with Crippen molar-refractivity contribution in [1.29, 1.82) is 0 Å². The number of nitrogens with two attached hydrogens (primary N) is 1. The van der Waals surface area contributed by atoms with Gasteiger partial charge in [-0.05, 0) is 17.7 Å². The second kappa shape index (κ2) is 6.21. The Kier molecular flexibility index (Phi) is 4.37. The Balaban J connectivity index is 2.06. The summed E-state index contributed by atoms with van der Waals surface area (Å²) < 4.78 is 36.5. The van der Waals surface area contributed by atoms with Crippen LogP contribution < -0.4 is 10.5 Å². The molecule has 21 heavy (non-hydrogen) atoms. The van der Waals surface area contributed by atoms with Crippen molar-refractivity contribution >= 4 is 11.7 Å². The zero-order valence-electron chi connectivity index (χ0n) is 11.2. The number of halogens is 2. The zero-order chi connectivity index (χ0) is 15.4. The maximum atomic E-state index is 13.5. The van der Waals surface area contributed by atoms with Gasteiger partial charge in [0.2, 0.25) is 0 Å². The van der Waals surface area contributed by atoms with E-state index in [-0.39, 0.29) is 18.0 Å². The SMILES string of the molecule is COC(=O)c1ccc(COc2cc(F)c(N)cc2F)cc1. The van der Waals surface area contributed by atoms with E-state index in [0.717, 1.165) is 12.1 Å². The first kappa shape index (κ1) is 14.8. The average Bonchev–Trinajstić information content (AvgIpc) is 2.49. The van der Waals surface area contributed by atoms with Crippen molar-refractivity contribution in [2.75, 3.05) is 12.8 Å². The molecule has 0 fully saturated rings. The average molecular weight is 293 g/mol. The van der Waals surface area contributed by atoms with Crippen LogP contribution in [-0.4, -0.2) is 13.1 Å². The number of hydrogen-bond donors (Lipinski definition) is 1. The molecule has 0 amide bonds. The van der Waals surface area contributed by atoms with Gasteiger partial charge in [-0.25, -0.2) is 13.6 Å². The van der Waals surface area contributed by atoms with Gasteiger partial charge < -0.3 is 15.2 Å². The molecule has 0 unspecified atom stereocenters. The lowest BCUT2D eigenvalue weighted by molar-refractivity contribution is 0.0600. The molecule has 2 aromatic carbocycles. The Hall–Kier alpha value is -2.63. The lowest BCUT2D eigenvalue weighted by atomic mass is 10.1. The summed E-state index contributed by atoms with van der Waals surface area (Å²) in [6, 6.07) is 8.16. The lowest BCUT2D eigenvalue weighted by Gasteiger charge is -2.09. The molecule has 0 aliphatic carbocycles. The lowest BCUT2D eigenvalue weighted by Crippen LogP contribution is -2.03. The first-order valence-corrected chi connectivity index (χ1v) is 6.06. The standard InChI is InChI=1S/C15H13F2NO3/c1-20-15(19)10-4-2-9(3-5-10)8-21-14-7-11(16)13(18)6-12(14)17/h2-7H,8,18H2,1H3. The summed E-state index contributed by atoms with van der Waals surface area (Å²) in [4.78, 5) is 11.3. The molecular formula is C15H13F2NO3. The minimum atomic E-state index is -0.743. The molecule has 4 nitrogen and oxygen atoms in total. The van der Waals surface area contributed by atoms with Crippen molar-refractivity contribution < 1.29 is 23.0 Å². The molecule has 0 heterocycles. The van der Waals surface area contributed by atoms with Crippen molar-refractivity contribution in [3.8, 4) is 5.75 Å². The van der Waals surface area contributed by atoms with E-state index in [1.54, 1.807) is 24.3 Å². The van der Waals surface area contributed by atoms with Gasteiger partial charge in [0, 0.05) is 12.1 Å². The van der Waals surface area contributed by atoms with E-state index in [4.69, 9.17) is 10.5 Å². The van der Waals surface area contributed by atoms with E-state index in [9.17, 15) is 13.6 Å². The summed E-state index contributed by atoms with van der Waals surface area (Å²) >= 11 is 0. The second-order valence-corrected chi connectivity index (χ2v) is 4.28. The van der Waals surface area contributed by atoms with Crippen LogP contribution in [-0.2, 0) is 11.3 Å². The van der Waals surface area contributed by atoms with Gasteiger partial charge in [-0.1, -0.05) is 12.1 Å². The molecule has 6 heteroatoms. The van der Waals surface area contributed by atoms with E-state index < -0.39 is 17.6 Å². The van der Waals surface area contributed by atoms with Crippen LogP contribution in [0, 0.1) is 11.6 Å². The quantitative estimate of drug-likeness (QED) is 0.695. The maximum Gasteiger partial charge on any atom is 0.337 e. The molecule has 0 saturated heterocycles. The van der Waals surface area contributed by atoms with Crippen LogP contribution in [0.4, 0.5) is 14.5 Å². The number of anilines is 1. The fourth-order valence-corrected chi connectivity index (χ4v) is 1.67. The molecule has 0 bridgehead atoms. The highest BCUT2D eigenvalue weighted by Crippen LogP contribution is 2.23. The molecule has 0 saturated carbocycles. The summed E-state index contributed by atoms with van der Waals surface area (Å²) in [5.41, 5.74) is 6.05. The third kappa shape index (κ3) is 3.47. The smallest absolute Gasteiger partial charge is 0.337 e. The molecular weight excluding hydrogens is 280 g/mol. The number of ether oxygens (including phenoxy) is 2. The Bertz CT molecular complexity index is 657. The number of nitrogen functional groups attached to an aromatic ring is 1. The van der Waals surface area contributed by atoms with Crippen LogP contribution in [0.3, 0.4) is 0 Å². The van der Waals surface area contributed by atoms with Crippen LogP contribution in [0.25, 0.3) is 0 Å². The number of methoxy groups -OCH3 is 1. The monoisotopic (exact) mass is 293 g/mol. The van der Waals surface area contributed by atoms with Gasteiger partial charge in [-0.3, -0.25) is 0 Å². The number of carbonyl (C=O) groups excluding carboxylic acids is 1. The Morgan fingerprint density at radius 2 is 1.81 bits per heavy atom.